The van der Waals surface area contributed by atoms with Gasteiger partial charge >= 0.3 is 0 Å². The van der Waals surface area contributed by atoms with Crippen molar-refractivity contribution < 1.29 is 9.47 Å². The van der Waals surface area contributed by atoms with Crippen LogP contribution in [0, 0.1) is 0 Å². The maximum Gasteiger partial charge on any atom is 0.130 e. The van der Waals surface area contributed by atoms with Gasteiger partial charge in [-0.2, -0.15) is 0 Å². The summed E-state index contributed by atoms with van der Waals surface area (Å²) in [5, 5.41) is 3.68. The lowest BCUT2D eigenvalue weighted by Crippen LogP contribution is -2.38. The van der Waals surface area contributed by atoms with E-state index in [4.69, 9.17) is 14.5 Å². The summed E-state index contributed by atoms with van der Waals surface area (Å²) >= 11 is 0. The van der Waals surface area contributed by atoms with Crippen LogP contribution in [-0.4, -0.2) is 41.0 Å². The van der Waals surface area contributed by atoms with Gasteiger partial charge in [0.15, 0.2) is 0 Å². The average Bonchev–Trinajstić information content (AvgIpc) is 3.08. The lowest BCUT2D eigenvalue weighted by Gasteiger charge is -2.29. The van der Waals surface area contributed by atoms with E-state index in [2.05, 4.69) is 106 Å². The normalized spacial score (nSPS) is 15.6. The Hall–Kier alpha value is -4.49. The Balaban J connectivity index is 1.27. The summed E-state index contributed by atoms with van der Waals surface area (Å²) in [5.41, 5.74) is 6.72. The van der Waals surface area contributed by atoms with E-state index in [-0.39, 0.29) is 0 Å². The molecule has 2 heterocycles. The Bertz CT molecular complexity index is 1610. The highest BCUT2D eigenvalue weighted by Gasteiger charge is 2.15. The number of aromatic nitrogens is 1. The van der Waals surface area contributed by atoms with Gasteiger partial charge in [0.05, 0.1) is 11.4 Å². The zero-order valence-corrected chi connectivity index (χ0v) is 25.9. The fourth-order valence-corrected chi connectivity index (χ4v) is 5.71. The van der Waals surface area contributed by atoms with Crippen molar-refractivity contribution in [1.82, 2.24) is 20.1 Å². The minimum atomic E-state index is 0.398. The highest BCUT2D eigenvalue weighted by molar-refractivity contribution is 5.34. The summed E-state index contributed by atoms with van der Waals surface area (Å²) in [5.74, 6) is 1.78. The molecule has 2 bridgehead atoms. The average molecular weight is 599 g/mol. The highest BCUT2D eigenvalue weighted by atomic mass is 16.5. The Morgan fingerprint density at radius 1 is 0.533 bits per heavy atom. The van der Waals surface area contributed by atoms with Gasteiger partial charge in [-0.1, -0.05) is 103 Å². The van der Waals surface area contributed by atoms with Gasteiger partial charge in [0, 0.05) is 63.5 Å². The van der Waals surface area contributed by atoms with Crippen LogP contribution in [0.2, 0.25) is 0 Å². The van der Waals surface area contributed by atoms with Crippen LogP contribution in [0.15, 0.2) is 127 Å². The zero-order chi connectivity index (χ0) is 30.5. The molecule has 45 heavy (non-hydrogen) atoms. The first-order valence-electron chi connectivity index (χ1n) is 15.9. The van der Waals surface area contributed by atoms with E-state index >= 15 is 0 Å². The number of pyridine rings is 1. The van der Waals surface area contributed by atoms with Crippen molar-refractivity contribution >= 4 is 0 Å². The molecule has 1 aliphatic rings. The van der Waals surface area contributed by atoms with E-state index < -0.39 is 0 Å². The van der Waals surface area contributed by atoms with Gasteiger partial charge in [-0.15, -0.1) is 0 Å². The van der Waals surface area contributed by atoms with Gasteiger partial charge in [0.2, 0.25) is 0 Å². The van der Waals surface area contributed by atoms with Crippen LogP contribution in [0.3, 0.4) is 0 Å². The number of nitrogens with one attached hydrogen (secondary N) is 1. The van der Waals surface area contributed by atoms with Crippen molar-refractivity contribution in [3.8, 4) is 11.5 Å². The van der Waals surface area contributed by atoms with Gasteiger partial charge in [-0.3, -0.25) is 14.8 Å². The molecule has 230 valence electrons. The Labute approximate surface area is 267 Å². The summed E-state index contributed by atoms with van der Waals surface area (Å²) in [7, 11) is 0. The first-order valence-corrected chi connectivity index (χ1v) is 15.9. The smallest absolute Gasteiger partial charge is 0.130 e. The van der Waals surface area contributed by atoms with Crippen LogP contribution in [-0.2, 0) is 39.4 Å². The first kappa shape index (κ1) is 30.5. The number of hydrogen-bond acceptors (Lipinski definition) is 6. The minimum Gasteiger partial charge on any atom is -0.487 e. The van der Waals surface area contributed by atoms with Crippen molar-refractivity contribution in [3.05, 3.63) is 161 Å². The maximum absolute atomic E-state index is 6.41. The van der Waals surface area contributed by atoms with Gasteiger partial charge in [0.1, 0.15) is 24.7 Å². The molecule has 1 aromatic heterocycles. The van der Waals surface area contributed by atoms with Crippen molar-refractivity contribution in [2.45, 2.75) is 39.4 Å². The van der Waals surface area contributed by atoms with Crippen molar-refractivity contribution in [1.29, 1.82) is 0 Å². The molecule has 6 heteroatoms. The van der Waals surface area contributed by atoms with Crippen molar-refractivity contribution in [2.24, 2.45) is 0 Å². The minimum absolute atomic E-state index is 0.398. The fraction of sp³-hybridized carbons (Fsp3) is 0.256. The Morgan fingerprint density at radius 3 is 1.73 bits per heavy atom. The van der Waals surface area contributed by atoms with Crippen LogP contribution in [0.1, 0.15) is 33.6 Å². The quantitative estimate of drug-likeness (QED) is 0.244. The number of fused-ring (bicyclic) bond motifs is 4. The lowest BCUT2D eigenvalue weighted by atomic mass is 10.1. The number of rotatable bonds is 4. The predicted octanol–water partition coefficient (Wildman–Crippen LogP) is 6.85. The van der Waals surface area contributed by atoms with E-state index in [0.717, 1.165) is 80.8 Å². The summed E-state index contributed by atoms with van der Waals surface area (Å²) in [6.45, 7) is 7.80. The molecular formula is C39H42N4O2. The molecule has 5 aromatic rings. The molecule has 1 N–H and O–H groups in total. The van der Waals surface area contributed by atoms with E-state index in [1.54, 1.807) is 0 Å². The largest absolute Gasteiger partial charge is 0.487 e. The van der Waals surface area contributed by atoms with Crippen molar-refractivity contribution in [3.63, 3.8) is 0 Å². The van der Waals surface area contributed by atoms with Crippen molar-refractivity contribution in [2.75, 3.05) is 26.2 Å². The Morgan fingerprint density at radius 2 is 1.07 bits per heavy atom. The van der Waals surface area contributed by atoms with Crippen LogP contribution < -0.4 is 14.8 Å². The summed E-state index contributed by atoms with van der Waals surface area (Å²) < 4.78 is 12.7. The van der Waals surface area contributed by atoms with Gasteiger partial charge in [-0.05, 0) is 35.4 Å². The topological polar surface area (TPSA) is 49.9 Å². The number of nitrogens with zero attached hydrogens (tertiary/aromatic N) is 3. The Kier molecular flexibility index (Phi) is 10.9. The summed E-state index contributed by atoms with van der Waals surface area (Å²) in [6.07, 6.45) is 0. The second-order valence-corrected chi connectivity index (χ2v) is 11.5. The van der Waals surface area contributed by atoms with Crippen LogP contribution in [0.25, 0.3) is 0 Å². The molecule has 0 saturated carbocycles. The molecule has 6 rings (SSSR count). The maximum atomic E-state index is 6.41. The van der Waals surface area contributed by atoms with Crippen LogP contribution in [0.5, 0.6) is 11.5 Å². The predicted molar refractivity (Wildman–Crippen MR) is 180 cm³/mol. The standard InChI is InChI=1S/C39H42N4O2/c1-3-12-32(13-4-1)27-42-23-22-40-26-34-16-7-9-20-38(34)44-30-36-18-11-19-37(41-36)31-45-39-21-10-8-17-35(39)29-43(25-24-42)28-33-14-5-2-6-15-33/h1-21,40H,22-31H2. The second kappa shape index (κ2) is 16.0. The lowest BCUT2D eigenvalue weighted by molar-refractivity contribution is 0.185. The highest BCUT2D eigenvalue weighted by Crippen LogP contribution is 2.23. The van der Waals surface area contributed by atoms with Gasteiger partial charge in [-0.25, -0.2) is 0 Å². The molecule has 0 amide bonds. The molecule has 0 spiro atoms. The van der Waals surface area contributed by atoms with E-state index in [0.29, 0.717) is 13.2 Å². The molecule has 0 unspecified atom stereocenters. The number of para-hydroxylation sites is 2. The molecule has 0 radical (unpaired) electrons. The van der Waals surface area contributed by atoms with Crippen LogP contribution in [0.4, 0.5) is 0 Å². The number of hydrogen-bond donors (Lipinski definition) is 1. The third kappa shape index (κ3) is 9.25. The SMILES string of the molecule is c1ccc(CN2CCNCc3ccccc3OCc3cccc(n3)COc3ccccc3CN(Cc3ccccc3)CC2)cc1. The van der Waals surface area contributed by atoms with E-state index in [1.807, 2.05) is 36.4 Å². The van der Waals surface area contributed by atoms with Gasteiger partial charge < -0.3 is 14.8 Å². The number of benzene rings is 4. The van der Waals surface area contributed by atoms with Crippen LogP contribution >= 0.6 is 0 Å². The number of ether oxygens (including phenoxy) is 2. The molecule has 0 aliphatic carbocycles. The molecule has 4 aromatic carbocycles. The molecule has 6 nitrogen and oxygen atoms in total. The second-order valence-electron chi connectivity index (χ2n) is 11.5. The molecule has 0 fully saturated rings. The van der Waals surface area contributed by atoms with E-state index in [1.165, 1.54) is 16.7 Å². The van der Waals surface area contributed by atoms with Gasteiger partial charge in [0.25, 0.3) is 0 Å². The summed E-state index contributed by atoms with van der Waals surface area (Å²) in [6, 6.07) is 44.2. The molecule has 0 saturated heterocycles. The molecular weight excluding hydrogens is 556 g/mol. The van der Waals surface area contributed by atoms with E-state index in [9.17, 15) is 0 Å². The third-order valence-corrected chi connectivity index (χ3v) is 8.11. The fourth-order valence-electron chi connectivity index (χ4n) is 5.71. The third-order valence-electron chi connectivity index (χ3n) is 8.11. The molecule has 1 aliphatic heterocycles. The zero-order valence-electron chi connectivity index (χ0n) is 25.9. The first-order chi connectivity index (χ1) is 22.3. The monoisotopic (exact) mass is 598 g/mol. The molecule has 0 atom stereocenters. The summed E-state index contributed by atoms with van der Waals surface area (Å²) in [4.78, 5) is 9.93.